The maximum Gasteiger partial charge on any atom is 0.257 e. The number of hydrogen-bond acceptors (Lipinski definition) is 6. The van der Waals surface area contributed by atoms with Gasteiger partial charge in [0.1, 0.15) is 5.75 Å². The number of benzene rings is 1. The summed E-state index contributed by atoms with van der Waals surface area (Å²) in [6, 6.07) is 5.31. The summed E-state index contributed by atoms with van der Waals surface area (Å²) in [6.45, 7) is 5.57. The quantitative estimate of drug-likeness (QED) is 0.502. The van der Waals surface area contributed by atoms with Crippen LogP contribution in [0.3, 0.4) is 0 Å². The highest BCUT2D eigenvalue weighted by molar-refractivity contribution is 8.01. The van der Waals surface area contributed by atoms with E-state index >= 15 is 0 Å². The summed E-state index contributed by atoms with van der Waals surface area (Å²) < 4.78 is 6.01. The fraction of sp³-hybridized carbons (Fsp3) is 0.214. The van der Waals surface area contributed by atoms with Crippen molar-refractivity contribution in [2.24, 2.45) is 0 Å². The van der Waals surface area contributed by atoms with Crippen molar-refractivity contribution in [3.63, 3.8) is 0 Å². The number of carbonyl (C=O) groups excluding carboxylic acids is 1. The Morgan fingerprint density at radius 3 is 3.05 bits per heavy atom. The van der Waals surface area contributed by atoms with E-state index in [4.69, 9.17) is 4.74 Å². The number of thioether (sulfide) groups is 1. The Labute approximate surface area is 131 Å². The molecular formula is C14H15N3O2S2. The van der Waals surface area contributed by atoms with Crippen LogP contribution in [0, 0.1) is 6.92 Å². The first-order chi connectivity index (χ1) is 10.1. The topological polar surface area (TPSA) is 64.1 Å². The molecule has 0 saturated carbocycles. The smallest absolute Gasteiger partial charge is 0.257 e. The number of amides is 1. The van der Waals surface area contributed by atoms with Crippen molar-refractivity contribution in [1.82, 2.24) is 10.2 Å². The van der Waals surface area contributed by atoms with E-state index in [1.165, 1.54) is 23.1 Å². The largest absolute Gasteiger partial charge is 0.496 e. The molecule has 0 saturated heterocycles. The van der Waals surface area contributed by atoms with Gasteiger partial charge in [-0.05, 0) is 24.6 Å². The van der Waals surface area contributed by atoms with Gasteiger partial charge in [-0.1, -0.05) is 35.2 Å². The van der Waals surface area contributed by atoms with E-state index < -0.39 is 0 Å². The average molecular weight is 321 g/mol. The van der Waals surface area contributed by atoms with Crippen molar-refractivity contribution in [2.75, 3.05) is 18.2 Å². The predicted octanol–water partition coefficient (Wildman–Crippen LogP) is 3.39. The molecule has 0 aliphatic carbocycles. The number of aryl methyl sites for hydroxylation is 1. The zero-order chi connectivity index (χ0) is 15.2. The molecule has 2 rings (SSSR count). The Morgan fingerprint density at radius 1 is 1.52 bits per heavy atom. The molecular weight excluding hydrogens is 306 g/mol. The summed E-state index contributed by atoms with van der Waals surface area (Å²) in [6.07, 6.45) is 1.79. The fourth-order valence-corrected chi connectivity index (χ4v) is 3.09. The van der Waals surface area contributed by atoms with E-state index in [1.54, 1.807) is 25.3 Å². The fourth-order valence-electron chi connectivity index (χ4n) is 1.58. The third-order valence-corrected chi connectivity index (χ3v) is 4.59. The van der Waals surface area contributed by atoms with Crippen LogP contribution >= 0.6 is 23.1 Å². The van der Waals surface area contributed by atoms with Crippen LogP contribution in [0.4, 0.5) is 5.13 Å². The number of anilines is 1. The number of carbonyl (C=O) groups is 1. The predicted molar refractivity (Wildman–Crippen MR) is 86.5 cm³/mol. The van der Waals surface area contributed by atoms with Gasteiger partial charge in [0.2, 0.25) is 5.13 Å². The Hall–Kier alpha value is -1.86. The first-order valence-corrected chi connectivity index (χ1v) is 7.97. The van der Waals surface area contributed by atoms with Crippen molar-refractivity contribution in [2.45, 2.75) is 11.3 Å². The molecule has 0 unspecified atom stereocenters. The summed E-state index contributed by atoms with van der Waals surface area (Å²) >= 11 is 2.87. The lowest BCUT2D eigenvalue weighted by Crippen LogP contribution is -2.12. The molecule has 21 heavy (non-hydrogen) atoms. The van der Waals surface area contributed by atoms with Crippen LogP contribution in [-0.2, 0) is 0 Å². The van der Waals surface area contributed by atoms with E-state index in [2.05, 4.69) is 22.1 Å². The number of hydrogen-bond donors (Lipinski definition) is 1. The highest BCUT2D eigenvalue weighted by atomic mass is 32.2. The van der Waals surface area contributed by atoms with Crippen LogP contribution in [0.25, 0.3) is 0 Å². The first-order valence-electron chi connectivity index (χ1n) is 6.17. The Morgan fingerprint density at radius 2 is 2.33 bits per heavy atom. The normalized spacial score (nSPS) is 10.2. The highest BCUT2D eigenvalue weighted by Crippen LogP contribution is 2.26. The molecule has 1 amide bonds. The molecule has 0 aliphatic heterocycles. The lowest BCUT2D eigenvalue weighted by molar-refractivity contribution is 0.102. The summed E-state index contributed by atoms with van der Waals surface area (Å²) in [4.78, 5) is 12.2. The van der Waals surface area contributed by atoms with E-state index in [-0.39, 0.29) is 5.91 Å². The van der Waals surface area contributed by atoms with Gasteiger partial charge in [0.25, 0.3) is 5.91 Å². The Bertz CT molecular complexity index is 655. The molecule has 0 radical (unpaired) electrons. The Balaban J connectivity index is 2.07. The maximum atomic E-state index is 12.2. The third-order valence-electron chi connectivity index (χ3n) is 2.62. The van der Waals surface area contributed by atoms with Crippen LogP contribution in [0.15, 0.2) is 35.2 Å². The van der Waals surface area contributed by atoms with Gasteiger partial charge in [-0.25, -0.2) is 0 Å². The lowest BCUT2D eigenvalue weighted by Gasteiger charge is -2.07. The van der Waals surface area contributed by atoms with Crippen molar-refractivity contribution in [3.05, 3.63) is 42.0 Å². The molecule has 7 heteroatoms. The van der Waals surface area contributed by atoms with Crippen LogP contribution in [0.2, 0.25) is 0 Å². The van der Waals surface area contributed by atoms with Crippen LogP contribution < -0.4 is 10.1 Å². The van der Waals surface area contributed by atoms with Crippen molar-refractivity contribution in [1.29, 1.82) is 0 Å². The van der Waals surface area contributed by atoms with Crippen LogP contribution in [0.1, 0.15) is 15.9 Å². The van der Waals surface area contributed by atoms with Crippen molar-refractivity contribution >= 4 is 34.1 Å². The number of rotatable bonds is 6. The molecule has 1 aromatic carbocycles. The molecule has 1 N–H and O–H groups in total. The van der Waals surface area contributed by atoms with E-state index in [0.29, 0.717) is 16.4 Å². The van der Waals surface area contributed by atoms with Gasteiger partial charge in [0, 0.05) is 11.3 Å². The zero-order valence-corrected chi connectivity index (χ0v) is 13.4. The number of nitrogens with one attached hydrogen (secondary N) is 1. The zero-order valence-electron chi connectivity index (χ0n) is 11.8. The third kappa shape index (κ3) is 4.05. The summed E-state index contributed by atoms with van der Waals surface area (Å²) in [5.74, 6) is 1.21. The van der Waals surface area contributed by atoms with Crippen LogP contribution in [0.5, 0.6) is 5.75 Å². The van der Waals surface area contributed by atoms with Gasteiger partial charge in [0.05, 0.1) is 7.11 Å². The first kappa shape index (κ1) is 15.5. The van der Waals surface area contributed by atoms with Gasteiger partial charge < -0.3 is 4.74 Å². The minimum atomic E-state index is -0.232. The molecule has 5 nitrogen and oxygen atoms in total. The second-order valence-corrected chi connectivity index (χ2v) is 6.36. The molecule has 0 spiro atoms. The van der Waals surface area contributed by atoms with Gasteiger partial charge >= 0.3 is 0 Å². The number of aromatic nitrogens is 2. The summed E-state index contributed by atoms with van der Waals surface area (Å²) in [7, 11) is 1.58. The van der Waals surface area contributed by atoms with Crippen molar-refractivity contribution < 1.29 is 9.53 Å². The number of ether oxygens (including phenoxy) is 1. The SMILES string of the molecule is C=CCSc1nnc(NC(=O)c2ccc(C)c(OC)c2)s1. The number of nitrogens with zero attached hydrogens (tertiary/aromatic N) is 2. The summed E-state index contributed by atoms with van der Waals surface area (Å²) in [5.41, 5.74) is 1.50. The molecule has 1 aromatic heterocycles. The van der Waals surface area contributed by atoms with E-state index in [0.717, 1.165) is 15.7 Å². The molecule has 0 atom stereocenters. The van der Waals surface area contributed by atoms with Gasteiger partial charge in [-0.2, -0.15) is 0 Å². The van der Waals surface area contributed by atoms with E-state index in [1.807, 2.05) is 13.0 Å². The average Bonchev–Trinajstić information content (AvgIpc) is 2.93. The minimum Gasteiger partial charge on any atom is -0.496 e. The van der Waals surface area contributed by atoms with E-state index in [9.17, 15) is 4.79 Å². The second-order valence-electron chi connectivity index (χ2n) is 4.11. The van der Waals surface area contributed by atoms with Crippen molar-refractivity contribution in [3.8, 4) is 5.75 Å². The van der Waals surface area contributed by atoms with Gasteiger partial charge in [0.15, 0.2) is 4.34 Å². The molecule has 0 bridgehead atoms. The summed E-state index contributed by atoms with van der Waals surface area (Å²) in [5, 5.41) is 11.2. The second kappa shape index (κ2) is 7.24. The van der Waals surface area contributed by atoms with Crippen LogP contribution in [-0.4, -0.2) is 29.0 Å². The molecule has 1 heterocycles. The Kier molecular flexibility index (Phi) is 5.35. The molecule has 2 aromatic rings. The lowest BCUT2D eigenvalue weighted by atomic mass is 10.1. The highest BCUT2D eigenvalue weighted by Gasteiger charge is 2.12. The number of methoxy groups -OCH3 is 1. The molecule has 0 aliphatic rings. The molecule has 110 valence electrons. The molecule has 0 fully saturated rings. The monoisotopic (exact) mass is 321 g/mol. The van der Waals surface area contributed by atoms with Gasteiger partial charge in [-0.3, -0.25) is 10.1 Å². The standard InChI is InChI=1S/C14H15N3O2S2/c1-4-7-20-14-17-16-13(21-14)15-12(18)10-6-5-9(2)11(8-10)19-3/h4-6,8H,1,7H2,2-3H3,(H,15,16,18). The minimum absolute atomic E-state index is 0.232. The maximum absolute atomic E-state index is 12.2. The van der Waals surface area contributed by atoms with Gasteiger partial charge in [-0.15, -0.1) is 16.8 Å².